The van der Waals surface area contributed by atoms with Gasteiger partial charge in [-0.05, 0) is 12.8 Å². The van der Waals surface area contributed by atoms with Crippen molar-refractivity contribution < 1.29 is 4.21 Å². The Hall–Kier alpha value is 0.0700. The third kappa shape index (κ3) is 2.28. The Kier molecular flexibility index (Phi) is 2.78. The maximum atomic E-state index is 11.3. The first kappa shape index (κ1) is 8.66. The van der Waals surface area contributed by atoms with Crippen molar-refractivity contribution in [3.63, 3.8) is 0 Å². The second kappa shape index (κ2) is 3.85. The summed E-state index contributed by atoms with van der Waals surface area (Å²) in [4.78, 5) is 0. The molecular weight excluding hydrogens is 172 g/mol. The van der Waals surface area contributed by atoms with Crippen LogP contribution in [0.1, 0.15) is 12.8 Å². The quantitative estimate of drug-likeness (QED) is 0.609. The van der Waals surface area contributed by atoms with Gasteiger partial charge in [0, 0.05) is 47.5 Å². The maximum Gasteiger partial charge on any atom is 0.0362 e. The molecule has 0 radical (unpaired) electrons. The molecular formula is C8H16N2OS. The molecule has 1 heterocycles. The SMILES string of the molecule is O=S(CCNC1CNC1)C1CC1. The molecule has 1 atom stereocenters. The molecule has 3 nitrogen and oxygen atoms in total. The topological polar surface area (TPSA) is 41.1 Å². The van der Waals surface area contributed by atoms with Crippen molar-refractivity contribution in [2.45, 2.75) is 24.1 Å². The predicted octanol–water partition coefficient (Wildman–Crippen LogP) is -0.541. The van der Waals surface area contributed by atoms with Crippen molar-refractivity contribution >= 4 is 10.8 Å². The normalized spacial score (nSPS) is 26.7. The summed E-state index contributed by atoms with van der Waals surface area (Å²) in [5.74, 6) is 0.848. The predicted molar refractivity (Wildman–Crippen MR) is 50.7 cm³/mol. The van der Waals surface area contributed by atoms with Crippen LogP contribution in [0.3, 0.4) is 0 Å². The lowest BCUT2D eigenvalue weighted by Gasteiger charge is -2.27. The highest BCUT2D eigenvalue weighted by atomic mass is 32.2. The van der Waals surface area contributed by atoms with Crippen LogP contribution in [-0.4, -0.2) is 40.9 Å². The maximum absolute atomic E-state index is 11.3. The summed E-state index contributed by atoms with van der Waals surface area (Å²) in [7, 11) is -0.538. The van der Waals surface area contributed by atoms with E-state index in [1.54, 1.807) is 0 Å². The van der Waals surface area contributed by atoms with E-state index in [-0.39, 0.29) is 0 Å². The molecule has 1 saturated heterocycles. The van der Waals surface area contributed by atoms with E-state index in [0.29, 0.717) is 11.3 Å². The van der Waals surface area contributed by atoms with E-state index in [0.717, 1.165) is 25.4 Å². The summed E-state index contributed by atoms with van der Waals surface area (Å²) in [6.07, 6.45) is 2.38. The number of hydrogen-bond donors (Lipinski definition) is 2. The second-order valence-corrected chi connectivity index (χ2v) is 5.43. The zero-order valence-electron chi connectivity index (χ0n) is 7.21. The lowest BCUT2D eigenvalue weighted by molar-refractivity contribution is 0.374. The average molecular weight is 188 g/mol. The minimum absolute atomic E-state index is 0.538. The van der Waals surface area contributed by atoms with E-state index in [9.17, 15) is 4.21 Å². The van der Waals surface area contributed by atoms with E-state index in [4.69, 9.17) is 0 Å². The Morgan fingerprint density at radius 3 is 2.67 bits per heavy atom. The molecule has 12 heavy (non-hydrogen) atoms. The Labute approximate surface area is 75.8 Å². The summed E-state index contributed by atoms with van der Waals surface area (Å²) >= 11 is 0. The third-order valence-electron chi connectivity index (χ3n) is 2.41. The molecule has 0 aromatic heterocycles. The number of nitrogens with one attached hydrogen (secondary N) is 2. The van der Waals surface area contributed by atoms with E-state index >= 15 is 0 Å². The molecule has 2 fully saturated rings. The van der Waals surface area contributed by atoms with Gasteiger partial charge >= 0.3 is 0 Å². The van der Waals surface area contributed by atoms with Crippen LogP contribution < -0.4 is 10.6 Å². The minimum atomic E-state index is -0.538. The molecule has 1 saturated carbocycles. The van der Waals surface area contributed by atoms with Gasteiger partial charge in [-0.1, -0.05) is 0 Å². The largest absolute Gasteiger partial charge is 0.314 e. The van der Waals surface area contributed by atoms with Crippen molar-refractivity contribution in [2.24, 2.45) is 0 Å². The molecule has 0 spiro atoms. The van der Waals surface area contributed by atoms with Crippen LogP contribution in [0.4, 0.5) is 0 Å². The Morgan fingerprint density at radius 1 is 1.42 bits per heavy atom. The van der Waals surface area contributed by atoms with E-state index in [2.05, 4.69) is 10.6 Å². The fraction of sp³-hybridized carbons (Fsp3) is 1.00. The molecule has 0 aromatic rings. The average Bonchev–Trinajstić information content (AvgIpc) is 2.75. The molecule has 4 heteroatoms. The molecule has 70 valence electrons. The van der Waals surface area contributed by atoms with Crippen molar-refractivity contribution in [2.75, 3.05) is 25.4 Å². The van der Waals surface area contributed by atoms with Crippen molar-refractivity contribution in [1.82, 2.24) is 10.6 Å². The van der Waals surface area contributed by atoms with Crippen LogP contribution in [0.2, 0.25) is 0 Å². The number of hydrogen-bond acceptors (Lipinski definition) is 3. The molecule has 1 unspecified atom stereocenters. The smallest absolute Gasteiger partial charge is 0.0362 e. The molecule has 0 aromatic carbocycles. The van der Waals surface area contributed by atoms with Crippen LogP contribution in [0.15, 0.2) is 0 Å². The van der Waals surface area contributed by atoms with Crippen LogP contribution >= 0.6 is 0 Å². The zero-order valence-corrected chi connectivity index (χ0v) is 8.03. The summed E-state index contributed by atoms with van der Waals surface area (Å²) in [6.45, 7) is 3.08. The van der Waals surface area contributed by atoms with Crippen LogP contribution in [-0.2, 0) is 10.8 Å². The Morgan fingerprint density at radius 2 is 2.17 bits per heavy atom. The summed E-state index contributed by atoms with van der Waals surface area (Å²) in [5, 5.41) is 7.12. The fourth-order valence-corrected chi connectivity index (χ4v) is 2.61. The van der Waals surface area contributed by atoms with Crippen LogP contribution in [0.25, 0.3) is 0 Å². The van der Waals surface area contributed by atoms with Gasteiger partial charge in [0.25, 0.3) is 0 Å². The monoisotopic (exact) mass is 188 g/mol. The van der Waals surface area contributed by atoms with Gasteiger partial charge in [0.05, 0.1) is 0 Å². The molecule has 0 bridgehead atoms. The summed E-state index contributed by atoms with van der Waals surface area (Å²) in [5.41, 5.74) is 0. The third-order valence-corrected chi connectivity index (χ3v) is 4.24. The minimum Gasteiger partial charge on any atom is -0.314 e. The first-order valence-corrected chi connectivity index (χ1v) is 6.06. The van der Waals surface area contributed by atoms with Gasteiger partial charge in [0.1, 0.15) is 0 Å². The number of rotatable bonds is 5. The summed E-state index contributed by atoms with van der Waals surface area (Å²) in [6, 6.07) is 0.640. The highest BCUT2D eigenvalue weighted by Crippen LogP contribution is 2.25. The van der Waals surface area contributed by atoms with Gasteiger partial charge in [-0.2, -0.15) is 0 Å². The van der Waals surface area contributed by atoms with Crippen molar-refractivity contribution in [1.29, 1.82) is 0 Å². The van der Waals surface area contributed by atoms with E-state index < -0.39 is 10.8 Å². The molecule has 2 rings (SSSR count). The molecule has 1 aliphatic carbocycles. The van der Waals surface area contributed by atoms with Gasteiger partial charge in [0.15, 0.2) is 0 Å². The fourth-order valence-electron chi connectivity index (χ4n) is 1.29. The molecule has 1 aliphatic heterocycles. The van der Waals surface area contributed by atoms with E-state index in [1.165, 1.54) is 12.8 Å². The van der Waals surface area contributed by atoms with Crippen molar-refractivity contribution in [3.05, 3.63) is 0 Å². The molecule has 0 amide bonds. The highest BCUT2D eigenvalue weighted by molar-refractivity contribution is 7.85. The van der Waals surface area contributed by atoms with Crippen molar-refractivity contribution in [3.8, 4) is 0 Å². The van der Waals surface area contributed by atoms with Gasteiger partial charge in [-0.3, -0.25) is 4.21 Å². The standard InChI is InChI=1S/C8H16N2OS/c11-12(8-1-2-8)4-3-10-7-5-9-6-7/h7-10H,1-6H2. The molecule has 2 aliphatic rings. The zero-order chi connectivity index (χ0) is 8.39. The van der Waals surface area contributed by atoms with Gasteiger partial charge in [-0.25, -0.2) is 0 Å². The summed E-state index contributed by atoms with van der Waals surface area (Å²) < 4.78 is 11.3. The van der Waals surface area contributed by atoms with Gasteiger partial charge in [-0.15, -0.1) is 0 Å². The van der Waals surface area contributed by atoms with E-state index in [1.807, 2.05) is 0 Å². The van der Waals surface area contributed by atoms with Crippen LogP contribution in [0.5, 0.6) is 0 Å². The lowest BCUT2D eigenvalue weighted by Crippen LogP contribution is -2.55. The Balaban J connectivity index is 1.52. The van der Waals surface area contributed by atoms with Gasteiger partial charge in [0.2, 0.25) is 0 Å². The molecule has 2 N–H and O–H groups in total. The Bertz CT molecular complexity index is 178. The van der Waals surface area contributed by atoms with Gasteiger partial charge < -0.3 is 10.6 Å². The second-order valence-electron chi connectivity index (χ2n) is 3.59. The van der Waals surface area contributed by atoms with Crippen LogP contribution in [0, 0.1) is 0 Å². The lowest BCUT2D eigenvalue weighted by atomic mass is 10.2. The first-order valence-electron chi connectivity index (χ1n) is 4.67. The highest BCUT2D eigenvalue weighted by Gasteiger charge is 2.27. The first-order chi connectivity index (χ1) is 5.86.